The lowest BCUT2D eigenvalue weighted by atomic mass is 9.99. The number of hydrogen-bond donors (Lipinski definition) is 7. The molecule has 0 unspecified atom stereocenters. The van der Waals surface area contributed by atoms with Gasteiger partial charge in [0.25, 0.3) is 0 Å². The molecule has 0 spiro atoms. The summed E-state index contributed by atoms with van der Waals surface area (Å²) in [5, 5.41) is 29.7. The second-order valence-corrected chi connectivity index (χ2v) is 44.9. The number of Topliss-reactive ketones (excluding diaryl/α,β-unsaturated/α-hetero) is 3. The number of esters is 1. The zero-order valence-electron chi connectivity index (χ0n) is 61.0. The predicted molar refractivity (Wildman–Crippen MR) is 499 cm³/mol. The Bertz CT molecular complexity index is 3910. The van der Waals surface area contributed by atoms with E-state index >= 15 is 0 Å². The van der Waals surface area contributed by atoms with Crippen molar-refractivity contribution in [3.63, 3.8) is 0 Å². The number of cyclic esters (lactones) is 1. The zero-order chi connectivity index (χ0) is 82.2. The number of hydrogen-bond acceptors (Lipinski definition) is 12. The van der Waals surface area contributed by atoms with Crippen molar-refractivity contribution in [3.05, 3.63) is 277 Å². The van der Waals surface area contributed by atoms with Gasteiger partial charge in [-0.15, -0.1) is 40.2 Å². The van der Waals surface area contributed by atoms with E-state index in [-0.39, 0.29) is 73.2 Å². The molecule has 31 heteroatoms. The fourth-order valence-corrected chi connectivity index (χ4v) is 12.3. The molecule has 2 aliphatic rings. The van der Waals surface area contributed by atoms with Crippen LogP contribution in [0.25, 0.3) is 0 Å². The molecule has 0 radical (unpaired) electrons. The van der Waals surface area contributed by atoms with Gasteiger partial charge in [0.1, 0.15) is 28.0 Å². The second kappa shape index (κ2) is 67.2. The van der Waals surface area contributed by atoms with Gasteiger partial charge in [-0.25, -0.2) is 0 Å². The molecule has 0 aromatic heterocycles. The first kappa shape index (κ1) is 108. The summed E-state index contributed by atoms with van der Waals surface area (Å²) in [6.45, 7) is 4.97. The van der Waals surface area contributed by atoms with Crippen molar-refractivity contribution in [1.82, 2.24) is 0 Å². The molecule has 8 aromatic rings. The molecule has 1 fully saturated rings. The average molecular weight is 2100 g/mol. The minimum atomic E-state index is -0.183. The van der Waals surface area contributed by atoms with Gasteiger partial charge in [-0.2, -0.15) is 0 Å². The van der Waals surface area contributed by atoms with Gasteiger partial charge in [0.2, 0.25) is 0 Å². The van der Waals surface area contributed by atoms with Crippen LogP contribution in [0.4, 0.5) is 0 Å². The summed E-state index contributed by atoms with van der Waals surface area (Å²) >= 11 is 75.0. The van der Waals surface area contributed by atoms with Gasteiger partial charge in [-0.1, -0.05) is 242 Å². The zero-order valence-corrected chi connectivity index (χ0v) is 79.1. The minimum Gasteiger partial charge on any atom is -0.461 e. The van der Waals surface area contributed by atoms with Crippen LogP contribution in [0.15, 0.2) is 170 Å². The van der Waals surface area contributed by atoms with Crippen molar-refractivity contribution in [2.45, 2.75) is 134 Å². The Kier molecular flexibility index (Phi) is 65.6. The largest absolute Gasteiger partial charge is 0.461 e. The molecule has 2 heterocycles. The van der Waals surface area contributed by atoms with Crippen molar-refractivity contribution in [3.8, 4) is 0 Å². The number of alkyl halides is 3. The predicted octanol–water partition coefficient (Wildman–Crippen LogP) is 25.1. The van der Waals surface area contributed by atoms with E-state index in [9.17, 15) is 24.3 Å². The highest BCUT2D eigenvalue weighted by atomic mass is 80.0. The fraction of sp³-hybridized carbons (Fsp3) is 0.325. The summed E-state index contributed by atoms with van der Waals surface area (Å²) in [4.78, 5) is 47.3. The lowest BCUT2D eigenvalue weighted by Crippen LogP contribution is -2.18. The van der Waals surface area contributed by atoms with Crippen LogP contribution in [0.5, 0.6) is 0 Å². The van der Waals surface area contributed by atoms with Crippen molar-refractivity contribution in [1.29, 1.82) is 5.41 Å². The molecule has 11 N–H and O–H groups in total. The van der Waals surface area contributed by atoms with Crippen LogP contribution in [0.1, 0.15) is 125 Å². The Balaban J connectivity index is 0.00000131. The van der Waals surface area contributed by atoms with E-state index in [1.54, 1.807) is 31.2 Å². The van der Waals surface area contributed by atoms with Crippen molar-refractivity contribution < 1.29 is 38.9 Å². The highest BCUT2D eigenvalue weighted by Crippen LogP contribution is 2.59. The molecular weight excluding hydrogens is 2010 g/mol. The Labute approximate surface area is 758 Å². The number of fused-ring (bicyclic) bond motifs is 1. The Morgan fingerprint density at radius 2 is 0.829 bits per heavy atom. The van der Waals surface area contributed by atoms with Crippen molar-refractivity contribution in [2.75, 3.05) is 31.7 Å². The van der Waals surface area contributed by atoms with Crippen LogP contribution >= 0.6 is 223 Å². The molecule has 0 bridgehead atoms. The molecule has 0 amide bonds. The van der Waals surface area contributed by atoms with E-state index in [2.05, 4.69) is 86.1 Å². The summed E-state index contributed by atoms with van der Waals surface area (Å²) in [5.74, 6) is 1.15. The summed E-state index contributed by atoms with van der Waals surface area (Å²) in [5.41, 5.74) is 32.7. The number of thiocarbonyl (C=S) groups is 1. The molecule has 10 rings (SSSR count). The number of carbonyl (C=O) groups excluding carboxylic acids is 4. The maximum Gasteiger partial charge on any atom is 0.310 e. The van der Waals surface area contributed by atoms with Gasteiger partial charge in [0.05, 0.1) is 58.5 Å². The quantitative estimate of drug-likeness (QED) is 0.00742. The third kappa shape index (κ3) is 53.4. The number of benzene rings is 8. The maximum absolute atomic E-state index is 12.3. The molecule has 0 aliphatic carbocycles. The molecule has 608 valence electrons. The standard InChI is InChI=1S/C19H20Cl2N2OS.C18H17BrCl2O.C18H18Cl2O2.C9H8O2.C8H9Cl2N.C4H8O.C2H6O.CH2Cl2.CH4N2S.Br3P.BrH/c20-17-9-8-13(10-18(17)21)4-3-7-16(24)11-14-5-1-2-6-15(14)12-25-19(22)23;19-12-15-6-2-1-5-14(15)11-16(22)7-3-4-13-8-9-17(20)18(21)10-13;19-17-9-8-13(10-18(17)20)4-3-7-16(22)11-14-5-1-2-6-15(14)12-21;10-9-5-7-3-1-2-4-8(7)6-11-9;9-7-2-1-6(3-4-11)5-8(7)10;1-2-4-5-3-1;1-2-3;2-1-3;2-1(3)4;1-4(2)3;/h1-2,5-6,8-10H,3-4,7,11-12H2,(H3,22,23);1-2,5-6,8-10H,3-4,7,11-12H2;1-2,5-6,8-10,21H,3-4,7,11-12H2;1-4H,5-6H2;1-2,5H,3-4,11H2;1-4H2;3H,2H2,1H3;1H2;(H4,2,3,4);;1H. The van der Waals surface area contributed by atoms with E-state index in [0.29, 0.717) is 104 Å². The summed E-state index contributed by atoms with van der Waals surface area (Å²) < 4.78 is 9.63. The number of aryl methyl sites for hydroxylation is 3. The molecule has 8 aromatic carbocycles. The molecule has 0 atom stereocenters. The van der Waals surface area contributed by atoms with Crippen LogP contribution in [-0.2, 0) is 104 Å². The number of nitrogens with one attached hydrogen (secondary N) is 1. The van der Waals surface area contributed by atoms with E-state index in [0.717, 1.165) is 125 Å². The van der Waals surface area contributed by atoms with Crippen LogP contribution < -0.4 is 22.9 Å². The van der Waals surface area contributed by atoms with Gasteiger partial charge in [-0.05, 0) is 245 Å². The van der Waals surface area contributed by atoms with E-state index in [4.69, 9.17) is 147 Å². The Hall–Kier alpha value is -2.68. The second-order valence-electron chi connectivity index (χ2n) is 23.4. The summed E-state index contributed by atoms with van der Waals surface area (Å²) in [6, 6.07) is 53.5. The van der Waals surface area contributed by atoms with E-state index in [1.165, 1.54) is 30.2 Å². The van der Waals surface area contributed by atoms with Crippen molar-refractivity contribution in [2.24, 2.45) is 22.9 Å². The fourth-order valence-electron chi connectivity index (χ4n) is 9.84. The van der Waals surface area contributed by atoms with Gasteiger partial charge in [0.15, 0.2) is 10.3 Å². The molecule has 13 nitrogen and oxygen atoms in total. The normalized spacial score (nSPS) is 11.1. The first-order chi connectivity index (χ1) is 52.5. The first-order valence-corrected chi connectivity index (χ1v) is 48.3. The molecule has 2 aliphatic heterocycles. The number of ether oxygens (including phenoxy) is 2. The SMILES string of the molecule is Br.BrP(Br)Br.C1CCOC1.CCO.ClCCl.N=C(N)SCc1ccccc1CC(=O)CCCc1ccc(Cl)c(Cl)c1.NC(N)=S.NCCc1ccc(Cl)c(Cl)c1.O=C(CCCc1ccc(Cl)c(Cl)c1)Cc1ccccc1CBr.O=C(CCCc1ccc(Cl)c(Cl)c1)Cc1ccccc1CO.O=C1Cc2ccccc2CO1. The topological polar surface area (TPSA) is 255 Å². The third-order valence-electron chi connectivity index (χ3n) is 15.0. The number of ketones is 3. The molecular formula is C80H93Br5Cl10N5O8PS2. The number of rotatable bonds is 24. The van der Waals surface area contributed by atoms with Crippen molar-refractivity contribution >= 4 is 257 Å². The van der Waals surface area contributed by atoms with Gasteiger partial charge < -0.3 is 42.6 Å². The maximum atomic E-state index is 12.3. The van der Waals surface area contributed by atoms with Gasteiger partial charge in [0, 0.05) is 69.4 Å². The highest BCUT2D eigenvalue weighted by Gasteiger charge is 2.16. The Morgan fingerprint density at radius 1 is 0.523 bits per heavy atom. The van der Waals surface area contributed by atoms with E-state index in [1.807, 2.05) is 146 Å². The first-order valence-electron chi connectivity index (χ1n) is 34.2. The molecule has 0 saturated carbocycles. The summed E-state index contributed by atoms with van der Waals surface area (Å²) in [7, 11) is 0. The highest BCUT2D eigenvalue weighted by molar-refractivity contribution is 9.93. The third-order valence-corrected chi connectivity index (χ3v) is 19.3. The van der Waals surface area contributed by atoms with E-state index < -0.39 is 0 Å². The number of aliphatic hydroxyl groups excluding tert-OH is 2. The number of amidine groups is 1. The van der Waals surface area contributed by atoms with Crippen LogP contribution in [0, 0.1) is 5.41 Å². The number of carbonyl (C=O) groups is 4. The molecule has 111 heavy (non-hydrogen) atoms. The lowest BCUT2D eigenvalue weighted by Gasteiger charge is -2.14. The van der Waals surface area contributed by atoms with Crippen LogP contribution in [-0.4, -0.2) is 75.5 Å². The number of thioether (sulfide) groups is 1. The summed E-state index contributed by atoms with van der Waals surface area (Å²) in [6.07, 6.45) is 11.5. The number of nitrogens with two attached hydrogens (primary N) is 4. The lowest BCUT2D eigenvalue weighted by molar-refractivity contribution is -0.145. The monoisotopic (exact) mass is 2090 g/mol. The Morgan fingerprint density at radius 3 is 1.14 bits per heavy atom. The number of halogens is 15. The van der Waals surface area contributed by atoms with Gasteiger partial charge >= 0.3 is 5.97 Å². The van der Waals surface area contributed by atoms with Crippen LogP contribution in [0.2, 0.25) is 40.2 Å². The van der Waals surface area contributed by atoms with Crippen LogP contribution in [0.3, 0.4) is 0 Å². The number of aliphatic hydroxyl groups is 2. The average Bonchev–Trinajstić information content (AvgIpc) is 1.00. The minimum absolute atomic E-state index is 0. The molecule has 1 saturated heterocycles. The smallest absolute Gasteiger partial charge is 0.310 e. The van der Waals surface area contributed by atoms with Gasteiger partial charge in [-0.3, -0.25) is 24.6 Å².